The minimum Gasteiger partial charge on any atom is -0.298 e. The lowest BCUT2D eigenvalue weighted by Gasteiger charge is -1.97. The quantitative estimate of drug-likeness (QED) is 0.910. The largest absolute Gasteiger partial charge is 0.298 e. The Kier molecular flexibility index (Phi) is 3.36. The number of amides is 1. The summed E-state index contributed by atoms with van der Waals surface area (Å²) in [5.41, 5.74) is 1.72. The molecule has 0 aliphatic heterocycles. The van der Waals surface area contributed by atoms with Gasteiger partial charge in [0.25, 0.3) is 5.91 Å². The molecule has 2 aromatic heterocycles. The number of nitrogens with one attached hydrogen (secondary N) is 1. The molecule has 1 N–H and O–H groups in total. The van der Waals surface area contributed by atoms with Gasteiger partial charge in [-0.05, 0) is 19.4 Å². The molecule has 0 radical (unpaired) electrons. The van der Waals surface area contributed by atoms with Crippen molar-refractivity contribution in [1.82, 2.24) is 4.98 Å². The van der Waals surface area contributed by atoms with Gasteiger partial charge in [-0.15, -0.1) is 22.7 Å². The predicted molar refractivity (Wildman–Crippen MR) is 68.5 cm³/mol. The first kappa shape index (κ1) is 11.3. The van der Waals surface area contributed by atoms with Crippen molar-refractivity contribution in [2.45, 2.75) is 20.3 Å². The van der Waals surface area contributed by atoms with Crippen LogP contribution in [0.1, 0.15) is 27.9 Å². The molecule has 0 saturated carbocycles. The van der Waals surface area contributed by atoms with Crippen molar-refractivity contribution in [2.75, 3.05) is 5.32 Å². The monoisotopic (exact) mass is 252 g/mol. The third-order valence-electron chi connectivity index (χ3n) is 2.13. The van der Waals surface area contributed by atoms with E-state index < -0.39 is 0 Å². The Balaban J connectivity index is 2.07. The third kappa shape index (κ3) is 2.48. The molecule has 0 aliphatic rings. The van der Waals surface area contributed by atoms with Crippen molar-refractivity contribution in [2.24, 2.45) is 0 Å². The number of hydrogen-bond acceptors (Lipinski definition) is 4. The van der Waals surface area contributed by atoms with Crippen molar-refractivity contribution < 1.29 is 4.79 Å². The van der Waals surface area contributed by atoms with Crippen LogP contribution in [-0.4, -0.2) is 10.9 Å². The molecule has 0 atom stereocenters. The lowest BCUT2D eigenvalue weighted by Crippen LogP contribution is -2.10. The average molecular weight is 252 g/mol. The summed E-state index contributed by atoms with van der Waals surface area (Å²) in [6.07, 6.45) is 0.893. The number of anilines is 1. The van der Waals surface area contributed by atoms with Gasteiger partial charge in [0, 0.05) is 15.6 Å². The van der Waals surface area contributed by atoms with Crippen molar-refractivity contribution >= 4 is 33.7 Å². The molecule has 0 unspecified atom stereocenters. The van der Waals surface area contributed by atoms with E-state index in [1.54, 1.807) is 11.3 Å². The van der Waals surface area contributed by atoms with E-state index in [2.05, 4.69) is 10.3 Å². The summed E-state index contributed by atoms with van der Waals surface area (Å²) >= 11 is 3.04. The smallest absolute Gasteiger partial charge is 0.258 e. The Bertz CT molecular complexity index is 502. The maximum absolute atomic E-state index is 11.8. The molecule has 2 heterocycles. The zero-order chi connectivity index (χ0) is 11.5. The molecule has 1 amide bonds. The standard InChI is InChI=1S/C11H12N2OS2/c1-3-9-6-16-11(12-9)13-10(14)8-4-7(2)15-5-8/h4-6H,3H2,1-2H3,(H,12,13,14). The van der Waals surface area contributed by atoms with Gasteiger partial charge in [0.2, 0.25) is 0 Å². The molecular weight excluding hydrogens is 240 g/mol. The lowest BCUT2D eigenvalue weighted by atomic mass is 10.3. The summed E-state index contributed by atoms with van der Waals surface area (Å²) in [7, 11) is 0. The Morgan fingerprint density at radius 2 is 2.25 bits per heavy atom. The van der Waals surface area contributed by atoms with Gasteiger partial charge in [-0.2, -0.15) is 0 Å². The fourth-order valence-corrected chi connectivity index (χ4v) is 2.73. The highest BCUT2D eigenvalue weighted by Crippen LogP contribution is 2.18. The molecule has 3 nitrogen and oxygen atoms in total. The maximum Gasteiger partial charge on any atom is 0.258 e. The summed E-state index contributed by atoms with van der Waals surface area (Å²) < 4.78 is 0. The van der Waals surface area contributed by atoms with Gasteiger partial charge in [-0.3, -0.25) is 10.1 Å². The number of carbonyl (C=O) groups excluding carboxylic acids is 1. The van der Waals surface area contributed by atoms with Crippen LogP contribution >= 0.6 is 22.7 Å². The molecule has 0 spiro atoms. The van der Waals surface area contributed by atoms with Crippen molar-refractivity contribution in [3.8, 4) is 0 Å². The maximum atomic E-state index is 11.8. The number of thiazole rings is 1. The molecule has 5 heteroatoms. The lowest BCUT2D eigenvalue weighted by molar-refractivity contribution is 0.102. The summed E-state index contributed by atoms with van der Waals surface area (Å²) in [5, 5.41) is 7.30. The minimum atomic E-state index is -0.0821. The average Bonchev–Trinajstić information content (AvgIpc) is 2.87. The topological polar surface area (TPSA) is 42.0 Å². The van der Waals surface area contributed by atoms with E-state index in [0.717, 1.165) is 17.0 Å². The highest BCUT2D eigenvalue weighted by Gasteiger charge is 2.09. The van der Waals surface area contributed by atoms with Crippen LogP contribution in [0.3, 0.4) is 0 Å². The summed E-state index contributed by atoms with van der Waals surface area (Å²) in [6.45, 7) is 4.03. The second kappa shape index (κ2) is 4.76. The molecule has 0 aliphatic carbocycles. The SMILES string of the molecule is CCc1csc(NC(=O)c2csc(C)c2)n1. The zero-order valence-electron chi connectivity index (χ0n) is 9.11. The molecule has 84 valence electrons. The second-order valence-electron chi connectivity index (χ2n) is 3.40. The molecule has 0 aromatic carbocycles. The second-order valence-corrected chi connectivity index (χ2v) is 5.37. The first-order valence-electron chi connectivity index (χ1n) is 5.00. The van der Waals surface area contributed by atoms with Crippen LogP contribution in [-0.2, 0) is 6.42 Å². The molecule has 0 bridgehead atoms. The molecule has 2 rings (SSSR count). The Morgan fingerprint density at radius 3 is 2.81 bits per heavy atom. The highest BCUT2D eigenvalue weighted by molar-refractivity contribution is 7.14. The number of rotatable bonds is 3. The number of hydrogen-bond donors (Lipinski definition) is 1. The fraction of sp³-hybridized carbons (Fsp3) is 0.273. The van der Waals surface area contributed by atoms with E-state index in [9.17, 15) is 4.79 Å². The molecular formula is C11H12N2OS2. The van der Waals surface area contributed by atoms with Crippen LogP contribution < -0.4 is 5.32 Å². The van der Waals surface area contributed by atoms with E-state index in [1.165, 1.54) is 11.3 Å². The summed E-state index contributed by atoms with van der Waals surface area (Å²) in [6, 6.07) is 1.88. The van der Waals surface area contributed by atoms with Crippen LogP contribution in [0.25, 0.3) is 0 Å². The minimum absolute atomic E-state index is 0.0821. The number of thiophene rings is 1. The zero-order valence-corrected chi connectivity index (χ0v) is 10.7. The summed E-state index contributed by atoms with van der Waals surface area (Å²) in [5.74, 6) is -0.0821. The van der Waals surface area contributed by atoms with Gasteiger partial charge in [0.1, 0.15) is 0 Å². The van der Waals surface area contributed by atoms with Gasteiger partial charge in [0.15, 0.2) is 5.13 Å². The number of aryl methyl sites for hydroxylation is 2. The van der Waals surface area contributed by atoms with Crippen LogP contribution in [0, 0.1) is 6.92 Å². The first-order chi connectivity index (χ1) is 7.69. The molecule has 16 heavy (non-hydrogen) atoms. The number of nitrogens with zero attached hydrogens (tertiary/aromatic N) is 1. The third-order valence-corrected chi connectivity index (χ3v) is 3.80. The van der Waals surface area contributed by atoms with Crippen LogP contribution in [0.2, 0.25) is 0 Å². The molecule has 0 saturated heterocycles. The van der Waals surface area contributed by atoms with E-state index in [4.69, 9.17) is 0 Å². The van der Waals surface area contributed by atoms with E-state index in [1.807, 2.05) is 30.7 Å². The Hall–Kier alpha value is -1.20. The normalized spacial score (nSPS) is 10.4. The number of carbonyl (C=O) groups is 1. The summed E-state index contributed by atoms with van der Waals surface area (Å²) in [4.78, 5) is 17.2. The van der Waals surface area contributed by atoms with Gasteiger partial charge < -0.3 is 0 Å². The van der Waals surface area contributed by atoms with Gasteiger partial charge in [0.05, 0.1) is 11.3 Å². The van der Waals surface area contributed by atoms with Crippen molar-refractivity contribution in [3.05, 3.63) is 33.0 Å². The predicted octanol–water partition coefficient (Wildman–Crippen LogP) is 3.33. The van der Waals surface area contributed by atoms with Gasteiger partial charge in [-0.1, -0.05) is 6.92 Å². The fourth-order valence-electron chi connectivity index (χ4n) is 1.26. The van der Waals surface area contributed by atoms with Crippen LogP contribution in [0.15, 0.2) is 16.8 Å². The van der Waals surface area contributed by atoms with E-state index in [-0.39, 0.29) is 5.91 Å². The number of aromatic nitrogens is 1. The van der Waals surface area contributed by atoms with E-state index in [0.29, 0.717) is 10.7 Å². The van der Waals surface area contributed by atoms with Crippen LogP contribution in [0.5, 0.6) is 0 Å². The van der Waals surface area contributed by atoms with Crippen molar-refractivity contribution in [3.63, 3.8) is 0 Å². The Labute approximate surface area is 102 Å². The molecule has 0 fully saturated rings. The Morgan fingerprint density at radius 1 is 1.44 bits per heavy atom. The van der Waals surface area contributed by atoms with Gasteiger partial charge >= 0.3 is 0 Å². The highest BCUT2D eigenvalue weighted by atomic mass is 32.1. The van der Waals surface area contributed by atoms with E-state index >= 15 is 0 Å². The van der Waals surface area contributed by atoms with Crippen molar-refractivity contribution in [1.29, 1.82) is 0 Å². The van der Waals surface area contributed by atoms with Crippen LogP contribution in [0.4, 0.5) is 5.13 Å². The van der Waals surface area contributed by atoms with Gasteiger partial charge in [-0.25, -0.2) is 4.98 Å². The molecule has 2 aromatic rings. The first-order valence-corrected chi connectivity index (χ1v) is 6.76.